The van der Waals surface area contributed by atoms with E-state index in [4.69, 9.17) is 19.6 Å². The van der Waals surface area contributed by atoms with E-state index in [1.165, 1.54) is 6.07 Å². The van der Waals surface area contributed by atoms with E-state index in [1.807, 2.05) is 12.1 Å². The summed E-state index contributed by atoms with van der Waals surface area (Å²) in [6.07, 6.45) is 0.0923. The molecule has 0 atom stereocenters. The number of hydrogen-bond acceptors (Lipinski definition) is 5. The largest absolute Gasteiger partial charge is 0.335 e. The Bertz CT molecular complexity index is 562. The van der Waals surface area contributed by atoms with Crippen molar-refractivity contribution in [2.45, 2.75) is 20.0 Å². The van der Waals surface area contributed by atoms with Crippen LogP contribution in [0.2, 0.25) is 0 Å². The first-order valence-electron chi connectivity index (χ1n) is 5.89. The van der Waals surface area contributed by atoms with Gasteiger partial charge in [-0.15, -0.1) is 0 Å². The van der Waals surface area contributed by atoms with Gasteiger partial charge in [-0.1, -0.05) is 6.07 Å². The monoisotopic (exact) mass is 278 g/mol. The molecule has 0 unspecified atom stereocenters. The third-order valence-corrected chi connectivity index (χ3v) is 4.41. The Balaban J connectivity index is 3.02. The van der Waals surface area contributed by atoms with Gasteiger partial charge in [-0.2, -0.15) is 10.5 Å². The first kappa shape index (κ1) is 15.4. The maximum atomic E-state index is 12.3. The number of nitriles is 2. The summed E-state index contributed by atoms with van der Waals surface area (Å²) in [5.74, 6) is 0. The molecule has 6 heteroatoms. The van der Waals surface area contributed by atoms with Crippen LogP contribution in [0.3, 0.4) is 0 Å². The van der Waals surface area contributed by atoms with Crippen molar-refractivity contribution >= 4 is 7.60 Å². The van der Waals surface area contributed by atoms with Crippen molar-refractivity contribution in [1.29, 1.82) is 10.5 Å². The van der Waals surface area contributed by atoms with Crippen LogP contribution in [-0.4, -0.2) is 13.2 Å². The van der Waals surface area contributed by atoms with E-state index in [0.29, 0.717) is 24.3 Å². The smallest absolute Gasteiger partial charge is 0.309 e. The molecule has 0 aliphatic rings. The highest BCUT2D eigenvalue weighted by Gasteiger charge is 2.24. The Labute approximate surface area is 112 Å². The Morgan fingerprint density at radius 2 is 1.68 bits per heavy atom. The first-order chi connectivity index (χ1) is 9.08. The second kappa shape index (κ2) is 7.07. The van der Waals surface area contributed by atoms with Gasteiger partial charge < -0.3 is 9.05 Å². The number of hydrogen-bond donors (Lipinski definition) is 0. The maximum absolute atomic E-state index is 12.3. The molecule has 1 rings (SSSR count). The molecule has 1 aromatic carbocycles. The minimum Gasteiger partial charge on any atom is -0.309 e. The third-order valence-electron chi connectivity index (χ3n) is 2.35. The topological polar surface area (TPSA) is 83.1 Å². The number of rotatable bonds is 6. The van der Waals surface area contributed by atoms with Crippen molar-refractivity contribution < 1.29 is 13.6 Å². The SMILES string of the molecule is CCOP(=O)(Cc1ccc(C#N)c(C#N)c1)OCC. The van der Waals surface area contributed by atoms with Crippen LogP contribution < -0.4 is 0 Å². The van der Waals surface area contributed by atoms with E-state index in [9.17, 15) is 4.57 Å². The fourth-order valence-electron chi connectivity index (χ4n) is 1.63. The Morgan fingerprint density at radius 1 is 1.11 bits per heavy atom. The quantitative estimate of drug-likeness (QED) is 0.746. The minimum atomic E-state index is -3.19. The fraction of sp³-hybridized carbons (Fsp3) is 0.385. The van der Waals surface area contributed by atoms with E-state index in [0.717, 1.165) is 0 Å². The van der Waals surface area contributed by atoms with Crippen LogP contribution >= 0.6 is 7.60 Å². The predicted octanol–water partition coefficient (Wildman–Crippen LogP) is 3.20. The van der Waals surface area contributed by atoms with Crippen LogP contribution in [0, 0.1) is 22.7 Å². The Kier molecular flexibility index (Phi) is 5.73. The maximum Gasteiger partial charge on any atom is 0.335 e. The predicted molar refractivity (Wildman–Crippen MR) is 70.4 cm³/mol. The van der Waals surface area contributed by atoms with Gasteiger partial charge in [0, 0.05) is 0 Å². The lowest BCUT2D eigenvalue weighted by Gasteiger charge is -2.17. The molecule has 0 radical (unpaired) electrons. The van der Waals surface area contributed by atoms with Crippen molar-refractivity contribution in [3.8, 4) is 12.1 Å². The molecule has 0 N–H and O–H groups in total. The van der Waals surface area contributed by atoms with Gasteiger partial charge in [-0.25, -0.2) is 0 Å². The van der Waals surface area contributed by atoms with Crippen molar-refractivity contribution in [3.63, 3.8) is 0 Å². The van der Waals surface area contributed by atoms with Crippen LogP contribution in [0.5, 0.6) is 0 Å². The normalized spacial score (nSPS) is 10.7. The second-order valence-electron chi connectivity index (χ2n) is 3.71. The lowest BCUT2D eigenvalue weighted by Crippen LogP contribution is -1.99. The van der Waals surface area contributed by atoms with E-state index in [-0.39, 0.29) is 11.7 Å². The van der Waals surface area contributed by atoms with Gasteiger partial charge in [0.2, 0.25) is 0 Å². The molecule has 100 valence electrons. The first-order valence-corrected chi connectivity index (χ1v) is 7.62. The highest BCUT2D eigenvalue weighted by molar-refractivity contribution is 7.53. The summed E-state index contributed by atoms with van der Waals surface area (Å²) in [4.78, 5) is 0. The summed E-state index contributed by atoms with van der Waals surface area (Å²) >= 11 is 0. The molecular weight excluding hydrogens is 263 g/mol. The zero-order chi connectivity index (χ0) is 14.3. The van der Waals surface area contributed by atoms with Gasteiger partial charge in [0.15, 0.2) is 0 Å². The molecule has 0 heterocycles. The van der Waals surface area contributed by atoms with Gasteiger partial charge in [0.05, 0.1) is 30.5 Å². The molecular formula is C13H15N2O3P. The lowest BCUT2D eigenvalue weighted by atomic mass is 10.1. The average Bonchev–Trinajstić information content (AvgIpc) is 2.38. The molecule has 0 fully saturated rings. The van der Waals surface area contributed by atoms with Gasteiger partial charge in [0.1, 0.15) is 12.1 Å². The third kappa shape index (κ3) is 4.19. The minimum absolute atomic E-state index is 0.0923. The van der Waals surface area contributed by atoms with Gasteiger partial charge in [-0.05, 0) is 31.5 Å². The van der Waals surface area contributed by atoms with Gasteiger partial charge in [-0.3, -0.25) is 4.57 Å². The van der Waals surface area contributed by atoms with Crippen LogP contribution in [0.1, 0.15) is 30.5 Å². The van der Waals surface area contributed by atoms with E-state index in [1.54, 1.807) is 26.0 Å². The summed E-state index contributed by atoms with van der Waals surface area (Å²) in [5.41, 5.74) is 1.22. The fourth-order valence-corrected chi connectivity index (χ4v) is 3.31. The van der Waals surface area contributed by atoms with Crippen molar-refractivity contribution in [3.05, 3.63) is 34.9 Å². The summed E-state index contributed by atoms with van der Waals surface area (Å²) < 4.78 is 22.7. The number of benzene rings is 1. The molecule has 0 spiro atoms. The molecule has 5 nitrogen and oxygen atoms in total. The molecule has 0 aliphatic carbocycles. The average molecular weight is 278 g/mol. The molecule has 0 amide bonds. The molecule has 19 heavy (non-hydrogen) atoms. The standard InChI is InChI=1S/C13H15N2O3P/c1-3-17-19(16,18-4-2)10-11-5-6-12(8-14)13(7-11)9-15/h5-7H,3-4,10H2,1-2H3. The van der Waals surface area contributed by atoms with Crippen LogP contribution in [0.15, 0.2) is 18.2 Å². The summed E-state index contributed by atoms with van der Waals surface area (Å²) in [6, 6.07) is 8.62. The van der Waals surface area contributed by atoms with Crippen LogP contribution in [-0.2, 0) is 19.8 Å². The van der Waals surface area contributed by atoms with E-state index < -0.39 is 7.60 Å². The molecule has 0 saturated heterocycles. The van der Waals surface area contributed by atoms with E-state index >= 15 is 0 Å². The van der Waals surface area contributed by atoms with Crippen LogP contribution in [0.4, 0.5) is 0 Å². The zero-order valence-electron chi connectivity index (χ0n) is 10.9. The molecule has 1 aromatic rings. The molecule has 0 aliphatic heterocycles. The molecule has 0 bridgehead atoms. The van der Waals surface area contributed by atoms with Gasteiger partial charge >= 0.3 is 7.60 Å². The Morgan fingerprint density at radius 3 is 2.16 bits per heavy atom. The van der Waals surface area contributed by atoms with Crippen molar-refractivity contribution in [2.75, 3.05) is 13.2 Å². The van der Waals surface area contributed by atoms with Crippen molar-refractivity contribution in [1.82, 2.24) is 0 Å². The zero-order valence-corrected chi connectivity index (χ0v) is 11.8. The van der Waals surface area contributed by atoms with Crippen LogP contribution in [0.25, 0.3) is 0 Å². The summed E-state index contributed by atoms with van der Waals surface area (Å²) in [5, 5.41) is 17.8. The number of nitrogens with zero attached hydrogens (tertiary/aromatic N) is 2. The summed E-state index contributed by atoms with van der Waals surface area (Å²) in [7, 11) is -3.19. The molecule has 0 saturated carbocycles. The highest BCUT2D eigenvalue weighted by Crippen LogP contribution is 2.51. The second-order valence-corrected chi connectivity index (χ2v) is 5.76. The Hall–Kier alpha value is -1.65. The molecule has 0 aromatic heterocycles. The highest BCUT2D eigenvalue weighted by atomic mass is 31.2. The van der Waals surface area contributed by atoms with Crippen molar-refractivity contribution in [2.24, 2.45) is 0 Å². The van der Waals surface area contributed by atoms with Gasteiger partial charge in [0.25, 0.3) is 0 Å². The summed E-state index contributed by atoms with van der Waals surface area (Å²) in [6.45, 7) is 4.06. The van der Waals surface area contributed by atoms with E-state index in [2.05, 4.69) is 0 Å². The lowest BCUT2D eigenvalue weighted by molar-refractivity contribution is 0.219.